The Morgan fingerprint density at radius 1 is 0.403 bits per heavy atom. The first-order chi connectivity index (χ1) is 30.8. The number of fused-ring (bicyclic) bond motifs is 11. The van der Waals surface area contributed by atoms with Crippen molar-refractivity contribution in [1.29, 1.82) is 0 Å². The number of benzene rings is 10. The summed E-state index contributed by atoms with van der Waals surface area (Å²) in [5.74, 6) is 0. The number of aromatic nitrogens is 1. The molecule has 13 aromatic rings. The van der Waals surface area contributed by atoms with Gasteiger partial charge in [0.25, 0.3) is 0 Å². The molecular formula is C58H36N2OS. The molecule has 62 heavy (non-hydrogen) atoms. The van der Waals surface area contributed by atoms with Crippen molar-refractivity contribution in [2.24, 2.45) is 0 Å². The van der Waals surface area contributed by atoms with Gasteiger partial charge in [-0.1, -0.05) is 140 Å². The zero-order chi connectivity index (χ0) is 40.7. The van der Waals surface area contributed by atoms with Crippen LogP contribution in [-0.2, 0) is 0 Å². The van der Waals surface area contributed by atoms with Gasteiger partial charge in [-0.3, -0.25) is 0 Å². The van der Waals surface area contributed by atoms with Crippen LogP contribution in [0.25, 0.3) is 103 Å². The third kappa shape index (κ3) is 5.30. The summed E-state index contributed by atoms with van der Waals surface area (Å²) in [5, 5.41) is 9.53. The van der Waals surface area contributed by atoms with Crippen molar-refractivity contribution in [3.05, 3.63) is 218 Å². The van der Waals surface area contributed by atoms with Gasteiger partial charge in [-0.25, -0.2) is 0 Å². The van der Waals surface area contributed by atoms with Gasteiger partial charge in [0.05, 0.1) is 27.8 Å². The van der Waals surface area contributed by atoms with E-state index in [1.54, 1.807) is 0 Å². The third-order valence-corrected chi connectivity index (χ3v) is 13.7. The fraction of sp³-hybridized carbons (Fsp3) is 0. The van der Waals surface area contributed by atoms with E-state index in [0.29, 0.717) is 0 Å². The van der Waals surface area contributed by atoms with E-state index in [1.165, 1.54) is 53.1 Å². The van der Waals surface area contributed by atoms with Gasteiger partial charge in [0.1, 0.15) is 11.2 Å². The number of hydrogen-bond acceptors (Lipinski definition) is 3. The lowest BCUT2D eigenvalue weighted by atomic mass is 9.97. The van der Waals surface area contributed by atoms with Crippen molar-refractivity contribution in [2.45, 2.75) is 0 Å². The second kappa shape index (κ2) is 13.8. The average Bonchev–Trinajstić information content (AvgIpc) is 4.02. The molecule has 290 valence electrons. The van der Waals surface area contributed by atoms with Gasteiger partial charge in [0, 0.05) is 58.7 Å². The number of thiophene rings is 1. The Bertz CT molecular complexity index is 3870. The number of furan rings is 1. The van der Waals surface area contributed by atoms with Crippen LogP contribution in [0.5, 0.6) is 0 Å². The minimum absolute atomic E-state index is 0.862. The molecule has 0 radical (unpaired) electrons. The molecule has 10 aromatic carbocycles. The lowest BCUT2D eigenvalue weighted by molar-refractivity contribution is 0.672. The van der Waals surface area contributed by atoms with E-state index in [4.69, 9.17) is 4.42 Å². The zero-order valence-corrected chi connectivity index (χ0v) is 34.3. The van der Waals surface area contributed by atoms with Crippen LogP contribution in [-0.4, -0.2) is 4.57 Å². The van der Waals surface area contributed by atoms with Crippen molar-refractivity contribution in [1.82, 2.24) is 4.57 Å². The highest BCUT2D eigenvalue weighted by Crippen LogP contribution is 2.48. The Labute approximate surface area is 361 Å². The molecular weight excluding hydrogens is 773 g/mol. The van der Waals surface area contributed by atoms with Gasteiger partial charge < -0.3 is 13.9 Å². The van der Waals surface area contributed by atoms with E-state index in [-0.39, 0.29) is 0 Å². The molecule has 3 nitrogen and oxygen atoms in total. The van der Waals surface area contributed by atoms with Crippen LogP contribution >= 0.6 is 11.3 Å². The zero-order valence-electron chi connectivity index (χ0n) is 33.5. The number of anilines is 3. The quantitative estimate of drug-likeness (QED) is 0.167. The molecule has 4 heteroatoms. The normalized spacial score (nSPS) is 11.9. The largest absolute Gasteiger partial charge is 0.455 e. The summed E-state index contributed by atoms with van der Waals surface area (Å²) in [6, 6.07) is 79.2. The third-order valence-electron chi connectivity index (χ3n) is 12.6. The molecule has 0 spiro atoms. The highest BCUT2D eigenvalue weighted by atomic mass is 32.1. The molecule has 3 heterocycles. The standard InChI is InChI=1S/C58H36N2OS/c1-2-15-40(16-3-1)59-50-23-10-7-20-46(50)56-43(21-12-24-51(56)59)38-28-32-41(33-29-38)60(52-25-13-26-53-57(52)47-34-30-37-14-4-5-18-44(37)58(47)61-53)49-22-9-6-17-42(49)39-31-35-55-48(36-39)45-19-8-11-27-54(45)62-55/h1-36H. The highest BCUT2D eigenvalue weighted by Gasteiger charge is 2.24. The Morgan fingerprint density at radius 2 is 1.08 bits per heavy atom. The van der Waals surface area contributed by atoms with Gasteiger partial charge in [0.2, 0.25) is 0 Å². The first kappa shape index (κ1) is 34.9. The van der Waals surface area contributed by atoms with Crippen LogP contribution in [0.1, 0.15) is 0 Å². The molecule has 0 bridgehead atoms. The maximum atomic E-state index is 6.78. The van der Waals surface area contributed by atoms with Gasteiger partial charge in [-0.05, 0) is 101 Å². The van der Waals surface area contributed by atoms with E-state index in [2.05, 4.69) is 228 Å². The van der Waals surface area contributed by atoms with E-state index in [1.807, 2.05) is 11.3 Å². The lowest BCUT2D eigenvalue weighted by Crippen LogP contribution is -2.11. The summed E-state index contributed by atoms with van der Waals surface area (Å²) in [5.41, 5.74) is 13.2. The molecule has 0 aliphatic heterocycles. The predicted molar refractivity (Wildman–Crippen MR) is 264 cm³/mol. The highest BCUT2D eigenvalue weighted by molar-refractivity contribution is 7.25. The molecule has 0 fully saturated rings. The minimum atomic E-state index is 0.862. The molecule has 13 rings (SSSR count). The molecule has 0 aliphatic rings. The topological polar surface area (TPSA) is 21.3 Å². The van der Waals surface area contributed by atoms with E-state index in [9.17, 15) is 0 Å². The molecule has 0 N–H and O–H groups in total. The van der Waals surface area contributed by atoms with Crippen LogP contribution in [0.2, 0.25) is 0 Å². The van der Waals surface area contributed by atoms with Crippen molar-refractivity contribution in [2.75, 3.05) is 4.90 Å². The maximum absolute atomic E-state index is 6.78. The smallest absolute Gasteiger partial charge is 0.143 e. The Morgan fingerprint density at radius 3 is 1.98 bits per heavy atom. The molecule has 0 aliphatic carbocycles. The Balaban J connectivity index is 1.03. The van der Waals surface area contributed by atoms with Crippen LogP contribution < -0.4 is 4.90 Å². The van der Waals surface area contributed by atoms with E-state index < -0.39 is 0 Å². The minimum Gasteiger partial charge on any atom is -0.455 e. The van der Waals surface area contributed by atoms with Gasteiger partial charge >= 0.3 is 0 Å². The van der Waals surface area contributed by atoms with Crippen molar-refractivity contribution >= 4 is 103 Å². The summed E-state index contributed by atoms with van der Waals surface area (Å²) in [4.78, 5) is 2.43. The van der Waals surface area contributed by atoms with Gasteiger partial charge in [0.15, 0.2) is 0 Å². The Kier molecular flexibility index (Phi) is 7.78. The first-order valence-electron chi connectivity index (χ1n) is 21.1. The summed E-state index contributed by atoms with van der Waals surface area (Å²) in [6.07, 6.45) is 0. The van der Waals surface area contributed by atoms with Crippen LogP contribution in [0.4, 0.5) is 17.1 Å². The fourth-order valence-electron chi connectivity index (χ4n) is 9.84. The Hall–Kier alpha value is -7.92. The molecule has 3 aromatic heterocycles. The van der Waals surface area contributed by atoms with Crippen LogP contribution in [0, 0.1) is 0 Å². The number of nitrogens with zero attached hydrogens (tertiary/aromatic N) is 2. The number of para-hydroxylation sites is 3. The van der Waals surface area contributed by atoms with Crippen molar-refractivity contribution < 1.29 is 4.42 Å². The maximum Gasteiger partial charge on any atom is 0.143 e. The number of hydrogen-bond donors (Lipinski definition) is 0. The fourth-order valence-corrected chi connectivity index (χ4v) is 10.9. The predicted octanol–water partition coefficient (Wildman–Crippen LogP) is 17.0. The van der Waals surface area contributed by atoms with E-state index >= 15 is 0 Å². The molecule has 0 amide bonds. The second-order valence-electron chi connectivity index (χ2n) is 16.0. The van der Waals surface area contributed by atoms with E-state index in [0.717, 1.165) is 66.6 Å². The van der Waals surface area contributed by atoms with Crippen molar-refractivity contribution in [3.8, 4) is 27.9 Å². The number of rotatable bonds is 6. The van der Waals surface area contributed by atoms with Crippen molar-refractivity contribution in [3.63, 3.8) is 0 Å². The summed E-state index contributed by atoms with van der Waals surface area (Å²) < 4.78 is 11.8. The molecule has 0 saturated heterocycles. The van der Waals surface area contributed by atoms with Gasteiger partial charge in [-0.2, -0.15) is 0 Å². The van der Waals surface area contributed by atoms with Gasteiger partial charge in [-0.15, -0.1) is 11.3 Å². The first-order valence-corrected chi connectivity index (χ1v) is 21.9. The molecule has 0 atom stereocenters. The lowest BCUT2D eigenvalue weighted by Gasteiger charge is -2.28. The summed E-state index contributed by atoms with van der Waals surface area (Å²) in [6.45, 7) is 0. The SMILES string of the molecule is c1ccc(-n2c3ccccc3c3c(-c4ccc(N(c5ccccc5-c5ccc6sc7ccccc7c6c5)c5cccc6oc7c8ccccc8ccc7c56)cc4)cccc32)cc1. The summed E-state index contributed by atoms with van der Waals surface area (Å²) in [7, 11) is 0. The van der Waals surface area contributed by atoms with Crippen LogP contribution in [0.15, 0.2) is 223 Å². The molecule has 0 unspecified atom stereocenters. The van der Waals surface area contributed by atoms with Crippen LogP contribution in [0.3, 0.4) is 0 Å². The summed E-state index contributed by atoms with van der Waals surface area (Å²) >= 11 is 1.85. The monoisotopic (exact) mass is 808 g/mol. The second-order valence-corrected chi connectivity index (χ2v) is 17.1. The molecule has 0 saturated carbocycles. The average molecular weight is 809 g/mol.